The maximum absolute atomic E-state index is 13.2. The molecule has 0 aliphatic carbocycles. The van der Waals surface area contributed by atoms with Gasteiger partial charge in [-0.15, -0.1) is 0 Å². The van der Waals surface area contributed by atoms with Crippen molar-refractivity contribution < 1.29 is 22.4 Å². The van der Waals surface area contributed by atoms with Crippen LogP contribution in [-0.2, 0) is 21.4 Å². The average Bonchev–Trinajstić information content (AvgIpc) is 3.26. The number of furan rings is 1. The van der Waals surface area contributed by atoms with Crippen LogP contribution in [0.5, 0.6) is 0 Å². The van der Waals surface area contributed by atoms with Gasteiger partial charge in [-0.1, -0.05) is 19.9 Å². The van der Waals surface area contributed by atoms with Crippen LogP contribution in [0.3, 0.4) is 0 Å². The van der Waals surface area contributed by atoms with Gasteiger partial charge in [-0.3, -0.25) is 9.59 Å². The minimum Gasteiger partial charge on any atom is -0.468 e. The zero-order valence-electron chi connectivity index (χ0n) is 18.1. The van der Waals surface area contributed by atoms with Crippen LogP contribution in [0.2, 0.25) is 0 Å². The molecule has 1 aliphatic heterocycles. The third-order valence-electron chi connectivity index (χ3n) is 5.35. The lowest BCUT2D eigenvalue weighted by Crippen LogP contribution is -2.50. The smallest absolute Gasteiger partial charge is 0.254 e. The van der Waals surface area contributed by atoms with Crippen LogP contribution in [0.15, 0.2) is 45.9 Å². The second kappa shape index (κ2) is 9.65. The van der Waals surface area contributed by atoms with E-state index >= 15 is 0 Å². The lowest BCUT2D eigenvalue weighted by atomic mass is 10.0. The van der Waals surface area contributed by atoms with Crippen molar-refractivity contribution in [3.8, 4) is 0 Å². The number of aryl methyl sites for hydroxylation is 1. The molecule has 1 unspecified atom stereocenters. The molecule has 1 aliphatic rings. The van der Waals surface area contributed by atoms with E-state index in [2.05, 4.69) is 10.0 Å². The summed E-state index contributed by atoms with van der Waals surface area (Å²) in [5, 5.41) is 2.99. The summed E-state index contributed by atoms with van der Waals surface area (Å²) in [6, 6.07) is 7.79. The number of nitrogens with one attached hydrogen (secondary N) is 2. The summed E-state index contributed by atoms with van der Waals surface area (Å²) >= 11 is 0. The van der Waals surface area contributed by atoms with Crippen molar-refractivity contribution in [1.82, 2.24) is 14.9 Å². The van der Waals surface area contributed by atoms with E-state index in [0.29, 0.717) is 30.0 Å². The number of benzene rings is 1. The van der Waals surface area contributed by atoms with Crippen molar-refractivity contribution in [2.24, 2.45) is 5.92 Å². The first kappa shape index (κ1) is 23.0. The van der Waals surface area contributed by atoms with Crippen molar-refractivity contribution in [3.05, 3.63) is 53.5 Å². The summed E-state index contributed by atoms with van der Waals surface area (Å²) in [6.07, 6.45) is 3.06. The van der Waals surface area contributed by atoms with Gasteiger partial charge in [0.25, 0.3) is 5.91 Å². The zero-order valence-corrected chi connectivity index (χ0v) is 18.9. The number of carbonyl (C=O) groups excluding carboxylic acids is 2. The average molecular weight is 448 g/mol. The highest BCUT2D eigenvalue weighted by Gasteiger charge is 2.28. The van der Waals surface area contributed by atoms with Crippen LogP contribution >= 0.6 is 0 Å². The maximum atomic E-state index is 13.2. The van der Waals surface area contributed by atoms with E-state index < -0.39 is 10.0 Å². The van der Waals surface area contributed by atoms with Gasteiger partial charge in [0.15, 0.2) is 0 Å². The number of amides is 2. The first-order chi connectivity index (χ1) is 14.7. The number of piperidine rings is 1. The van der Waals surface area contributed by atoms with Gasteiger partial charge >= 0.3 is 0 Å². The molecule has 8 nitrogen and oxygen atoms in total. The van der Waals surface area contributed by atoms with Gasteiger partial charge in [0, 0.05) is 30.6 Å². The number of carbonyl (C=O) groups is 2. The van der Waals surface area contributed by atoms with Crippen molar-refractivity contribution >= 4 is 21.8 Å². The molecule has 1 aromatic heterocycles. The highest BCUT2D eigenvalue weighted by atomic mass is 32.2. The Morgan fingerprint density at radius 3 is 2.71 bits per heavy atom. The van der Waals surface area contributed by atoms with E-state index in [-0.39, 0.29) is 35.2 Å². The molecule has 3 rings (SSSR count). The predicted molar refractivity (Wildman–Crippen MR) is 116 cm³/mol. The molecule has 0 bridgehead atoms. The van der Waals surface area contributed by atoms with Gasteiger partial charge < -0.3 is 14.6 Å². The Morgan fingerprint density at radius 2 is 2.03 bits per heavy atom. The Bertz CT molecular complexity index is 1030. The number of sulfonamides is 1. The molecular weight excluding hydrogens is 418 g/mol. The summed E-state index contributed by atoms with van der Waals surface area (Å²) in [7, 11) is -3.81. The molecular formula is C22H29N3O5S. The van der Waals surface area contributed by atoms with Crippen LogP contribution in [-0.4, -0.2) is 44.3 Å². The molecule has 2 amide bonds. The molecule has 9 heteroatoms. The van der Waals surface area contributed by atoms with Crippen LogP contribution in [0.25, 0.3) is 0 Å². The van der Waals surface area contributed by atoms with Crippen LogP contribution < -0.4 is 10.0 Å². The second-order valence-corrected chi connectivity index (χ2v) is 9.90. The van der Waals surface area contributed by atoms with Crippen LogP contribution in [0.4, 0.5) is 0 Å². The highest BCUT2D eigenvalue weighted by Crippen LogP contribution is 2.20. The molecule has 0 spiro atoms. The molecule has 2 N–H and O–H groups in total. The van der Waals surface area contributed by atoms with Gasteiger partial charge in [-0.25, -0.2) is 13.1 Å². The molecule has 0 radical (unpaired) electrons. The number of nitrogens with zero attached hydrogens (tertiary/aromatic N) is 1. The first-order valence-corrected chi connectivity index (χ1v) is 11.9. The fourth-order valence-corrected chi connectivity index (χ4v) is 4.50. The molecule has 0 saturated carbocycles. The van der Waals surface area contributed by atoms with Crippen molar-refractivity contribution in [2.75, 3.05) is 13.1 Å². The van der Waals surface area contributed by atoms with E-state index in [1.54, 1.807) is 30.0 Å². The van der Waals surface area contributed by atoms with Gasteiger partial charge in [0.1, 0.15) is 5.76 Å². The fourth-order valence-electron chi connectivity index (χ4n) is 3.48. The summed E-state index contributed by atoms with van der Waals surface area (Å²) in [5.41, 5.74) is 1.04. The first-order valence-electron chi connectivity index (χ1n) is 10.4. The van der Waals surface area contributed by atoms with Crippen molar-refractivity contribution in [2.45, 2.75) is 51.1 Å². The molecule has 1 aromatic carbocycles. The van der Waals surface area contributed by atoms with Crippen molar-refractivity contribution in [3.63, 3.8) is 0 Å². The van der Waals surface area contributed by atoms with E-state index in [4.69, 9.17) is 4.42 Å². The standard InChI is InChI=1S/C22H29N3O5S/c1-15(2)21(26)24-17-6-4-10-25(14-17)22(27)20-12-19(9-8-16(20)3)31(28,29)23-13-18-7-5-11-30-18/h5,7-9,11-12,15,17,23H,4,6,10,13-14H2,1-3H3,(H,24,26). The van der Waals surface area contributed by atoms with E-state index in [1.165, 1.54) is 18.4 Å². The quantitative estimate of drug-likeness (QED) is 0.678. The van der Waals surface area contributed by atoms with Crippen LogP contribution in [0, 0.1) is 12.8 Å². The number of likely N-dealkylation sites (tertiary alicyclic amines) is 1. The second-order valence-electron chi connectivity index (χ2n) is 8.13. The monoisotopic (exact) mass is 447 g/mol. The van der Waals surface area contributed by atoms with E-state index in [9.17, 15) is 18.0 Å². The third kappa shape index (κ3) is 5.74. The fraction of sp³-hybridized carbons (Fsp3) is 0.455. The van der Waals surface area contributed by atoms with Gasteiger partial charge in [-0.05, 0) is 49.6 Å². The highest BCUT2D eigenvalue weighted by molar-refractivity contribution is 7.89. The molecule has 168 valence electrons. The number of hydrogen-bond donors (Lipinski definition) is 2. The normalized spacial score (nSPS) is 17.0. The number of rotatable bonds is 7. The minimum atomic E-state index is -3.81. The van der Waals surface area contributed by atoms with Gasteiger partial charge in [0.2, 0.25) is 15.9 Å². The maximum Gasteiger partial charge on any atom is 0.254 e. The SMILES string of the molecule is Cc1ccc(S(=O)(=O)NCc2ccco2)cc1C(=O)N1CCCC(NC(=O)C(C)C)C1. The number of hydrogen-bond acceptors (Lipinski definition) is 5. The molecule has 1 saturated heterocycles. The Labute approximate surface area is 183 Å². The molecule has 1 fully saturated rings. The predicted octanol–water partition coefficient (Wildman–Crippen LogP) is 2.44. The lowest BCUT2D eigenvalue weighted by Gasteiger charge is -2.34. The van der Waals surface area contributed by atoms with Gasteiger partial charge in [-0.2, -0.15) is 0 Å². The summed E-state index contributed by atoms with van der Waals surface area (Å²) in [6.45, 7) is 6.44. The van der Waals surface area contributed by atoms with Gasteiger partial charge in [0.05, 0.1) is 17.7 Å². The lowest BCUT2D eigenvalue weighted by molar-refractivity contribution is -0.125. The minimum absolute atomic E-state index is 0.0228. The van der Waals surface area contributed by atoms with Crippen molar-refractivity contribution in [1.29, 1.82) is 0 Å². The Hall–Kier alpha value is -2.65. The third-order valence-corrected chi connectivity index (χ3v) is 6.74. The molecule has 2 aromatic rings. The summed E-state index contributed by atoms with van der Waals surface area (Å²) < 4.78 is 33.1. The van der Waals surface area contributed by atoms with E-state index in [0.717, 1.165) is 12.8 Å². The Kier molecular flexibility index (Phi) is 7.17. The van der Waals surface area contributed by atoms with E-state index in [1.807, 2.05) is 13.8 Å². The summed E-state index contributed by atoms with van der Waals surface area (Å²) in [4.78, 5) is 26.9. The largest absolute Gasteiger partial charge is 0.468 e. The zero-order chi connectivity index (χ0) is 22.6. The molecule has 31 heavy (non-hydrogen) atoms. The topological polar surface area (TPSA) is 109 Å². The van der Waals surface area contributed by atoms with Crippen LogP contribution in [0.1, 0.15) is 48.4 Å². The molecule has 1 atom stereocenters. The Morgan fingerprint density at radius 1 is 1.26 bits per heavy atom. The summed E-state index contributed by atoms with van der Waals surface area (Å²) in [5.74, 6) is 0.106. The molecule has 2 heterocycles. The Balaban J connectivity index is 1.74.